The van der Waals surface area contributed by atoms with E-state index in [1.54, 1.807) is 38.5 Å². The normalized spacial score (nSPS) is 58.3. The Kier molecular flexibility index (Phi) is 2.62. The van der Waals surface area contributed by atoms with Crippen molar-refractivity contribution in [1.29, 1.82) is 0 Å². The van der Waals surface area contributed by atoms with Crippen molar-refractivity contribution in [2.75, 3.05) is 0 Å². The predicted molar refractivity (Wildman–Crippen MR) is 76.3 cm³/mol. The van der Waals surface area contributed by atoms with Crippen LogP contribution in [0.1, 0.15) is 71.6 Å². The number of hydrogen-bond acceptors (Lipinski definition) is 0. The molecule has 6 bridgehead atoms. The minimum absolute atomic E-state index is 0.694. The summed E-state index contributed by atoms with van der Waals surface area (Å²) in [5, 5.41) is 0. The SMILES string of the molecule is CCC1(C)CCCC2C3CCC(C3)C3C2CCC31. The molecule has 0 amide bonds. The molecule has 0 aromatic rings. The molecule has 7 atom stereocenters. The molecule has 0 heteroatoms. The van der Waals surface area contributed by atoms with Crippen molar-refractivity contribution in [3.05, 3.63) is 0 Å². The third kappa shape index (κ3) is 1.44. The summed E-state index contributed by atoms with van der Waals surface area (Å²) < 4.78 is 0. The highest BCUT2D eigenvalue weighted by atomic mass is 14.6. The third-order valence-electron chi connectivity index (χ3n) is 7.97. The van der Waals surface area contributed by atoms with Crippen molar-refractivity contribution in [3.8, 4) is 0 Å². The summed E-state index contributed by atoms with van der Waals surface area (Å²) in [5.74, 6) is 6.86. The summed E-state index contributed by atoms with van der Waals surface area (Å²) in [7, 11) is 0. The van der Waals surface area contributed by atoms with Gasteiger partial charge < -0.3 is 0 Å². The Bertz CT molecular complexity index is 333. The van der Waals surface area contributed by atoms with Gasteiger partial charge in [0, 0.05) is 0 Å². The van der Waals surface area contributed by atoms with E-state index in [0.29, 0.717) is 5.41 Å². The lowest BCUT2D eigenvalue weighted by atomic mass is 9.56. The Morgan fingerprint density at radius 1 is 0.944 bits per heavy atom. The van der Waals surface area contributed by atoms with Crippen LogP contribution in [-0.4, -0.2) is 0 Å². The van der Waals surface area contributed by atoms with Crippen LogP contribution in [0.15, 0.2) is 0 Å². The van der Waals surface area contributed by atoms with E-state index < -0.39 is 0 Å². The van der Waals surface area contributed by atoms with Crippen LogP contribution in [0.5, 0.6) is 0 Å². The van der Waals surface area contributed by atoms with Gasteiger partial charge in [-0.25, -0.2) is 0 Å². The molecule has 4 aliphatic carbocycles. The fourth-order valence-electron chi connectivity index (χ4n) is 7.00. The maximum atomic E-state index is 2.64. The maximum Gasteiger partial charge on any atom is -0.0297 e. The van der Waals surface area contributed by atoms with Crippen LogP contribution in [0.3, 0.4) is 0 Å². The smallest absolute Gasteiger partial charge is 0.0297 e. The molecule has 0 aromatic carbocycles. The lowest BCUT2D eigenvalue weighted by Crippen LogP contribution is -2.42. The van der Waals surface area contributed by atoms with E-state index in [0.717, 1.165) is 35.5 Å². The van der Waals surface area contributed by atoms with Crippen molar-refractivity contribution in [2.24, 2.45) is 40.9 Å². The molecule has 18 heavy (non-hydrogen) atoms. The average Bonchev–Trinajstić information content (AvgIpc) is 2.98. The lowest BCUT2D eigenvalue weighted by molar-refractivity contribution is 0.00121. The van der Waals surface area contributed by atoms with Gasteiger partial charge in [0.25, 0.3) is 0 Å². The average molecular weight is 246 g/mol. The van der Waals surface area contributed by atoms with Gasteiger partial charge in [0.2, 0.25) is 0 Å². The summed E-state index contributed by atoms with van der Waals surface area (Å²) in [6.45, 7) is 5.11. The molecular formula is C18H30. The molecule has 0 radical (unpaired) electrons. The monoisotopic (exact) mass is 246 g/mol. The summed E-state index contributed by atoms with van der Waals surface area (Å²) in [4.78, 5) is 0. The van der Waals surface area contributed by atoms with Crippen LogP contribution in [0.2, 0.25) is 0 Å². The lowest BCUT2D eigenvalue weighted by Gasteiger charge is -2.49. The van der Waals surface area contributed by atoms with E-state index in [9.17, 15) is 0 Å². The van der Waals surface area contributed by atoms with Crippen LogP contribution < -0.4 is 0 Å². The molecule has 0 saturated heterocycles. The van der Waals surface area contributed by atoms with Crippen molar-refractivity contribution < 1.29 is 0 Å². The molecule has 4 fully saturated rings. The first-order valence-electron chi connectivity index (χ1n) is 8.73. The van der Waals surface area contributed by atoms with Crippen LogP contribution in [0, 0.1) is 40.9 Å². The second-order valence-electron chi connectivity index (χ2n) is 8.32. The minimum atomic E-state index is 0.694. The number of hydrogen-bond donors (Lipinski definition) is 0. The van der Waals surface area contributed by atoms with E-state index in [1.165, 1.54) is 19.3 Å². The molecule has 0 N–H and O–H groups in total. The van der Waals surface area contributed by atoms with E-state index in [4.69, 9.17) is 0 Å². The fourth-order valence-corrected chi connectivity index (χ4v) is 7.00. The Hall–Kier alpha value is 0. The molecule has 4 aliphatic rings. The number of fused-ring (bicyclic) bond motifs is 3. The van der Waals surface area contributed by atoms with Crippen molar-refractivity contribution in [3.63, 3.8) is 0 Å². The summed E-state index contributed by atoms with van der Waals surface area (Å²) >= 11 is 0. The first-order chi connectivity index (χ1) is 8.73. The first-order valence-corrected chi connectivity index (χ1v) is 8.73. The fraction of sp³-hybridized carbons (Fsp3) is 1.00. The van der Waals surface area contributed by atoms with Gasteiger partial charge in [0.1, 0.15) is 0 Å². The Morgan fingerprint density at radius 2 is 1.78 bits per heavy atom. The second kappa shape index (κ2) is 4.00. The van der Waals surface area contributed by atoms with Crippen LogP contribution >= 0.6 is 0 Å². The standard InChI is InChI=1S/C18H30/c1-3-18(2)10-4-5-14-12-6-7-13(11-12)17-15(14)8-9-16(17)18/h12-17H,3-11H2,1-2H3. The van der Waals surface area contributed by atoms with E-state index in [1.807, 2.05) is 0 Å². The first kappa shape index (κ1) is 11.8. The summed E-state index contributed by atoms with van der Waals surface area (Å²) in [6, 6.07) is 0. The Labute approximate surface area is 113 Å². The van der Waals surface area contributed by atoms with Gasteiger partial charge in [-0.05, 0) is 85.9 Å². The van der Waals surface area contributed by atoms with E-state index >= 15 is 0 Å². The Balaban J connectivity index is 1.73. The highest BCUT2D eigenvalue weighted by Gasteiger charge is 2.57. The third-order valence-corrected chi connectivity index (χ3v) is 7.97. The quantitative estimate of drug-likeness (QED) is 0.591. The highest BCUT2D eigenvalue weighted by Crippen LogP contribution is 2.65. The van der Waals surface area contributed by atoms with Gasteiger partial charge in [-0.3, -0.25) is 0 Å². The summed E-state index contributed by atoms with van der Waals surface area (Å²) in [5.41, 5.74) is 0.694. The molecule has 4 saturated carbocycles. The second-order valence-corrected chi connectivity index (χ2v) is 8.32. The largest absolute Gasteiger partial charge is 0.0649 e. The van der Waals surface area contributed by atoms with E-state index in [2.05, 4.69) is 13.8 Å². The molecule has 0 heterocycles. The van der Waals surface area contributed by atoms with Crippen molar-refractivity contribution >= 4 is 0 Å². The van der Waals surface area contributed by atoms with Gasteiger partial charge in [-0.1, -0.05) is 26.7 Å². The van der Waals surface area contributed by atoms with Gasteiger partial charge in [-0.2, -0.15) is 0 Å². The minimum Gasteiger partial charge on any atom is -0.0649 e. The zero-order chi connectivity index (χ0) is 12.3. The predicted octanol–water partition coefficient (Wildman–Crippen LogP) is 5.28. The molecule has 4 rings (SSSR count). The molecule has 7 unspecified atom stereocenters. The number of rotatable bonds is 1. The van der Waals surface area contributed by atoms with Gasteiger partial charge >= 0.3 is 0 Å². The highest BCUT2D eigenvalue weighted by molar-refractivity contribution is 5.06. The van der Waals surface area contributed by atoms with Crippen LogP contribution in [0.25, 0.3) is 0 Å². The van der Waals surface area contributed by atoms with Gasteiger partial charge in [-0.15, -0.1) is 0 Å². The molecule has 0 aliphatic heterocycles. The van der Waals surface area contributed by atoms with Gasteiger partial charge in [0.15, 0.2) is 0 Å². The molecular weight excluding hydrogens is 216 g/mol. The maximum absolute atomic E-state index is 2.64. The van der Waals surface area contributed by atoms with E-state index in [-0.39, 0.29) is 0 Å². The van der Waals surface area contributed by atoms with Gasteiger partial charge in [0.05, 0.1) is 0 Å². The van der Waals surface area contributed by atoms with Crippen molar-refractivity contribution in [2.45, 2.75) is 71.6 Å². The van der Waals surface area contributed by atoms with Crippen LogP contribution in [0.4, 0.5) is 0 Å². The Morgan fingerprint density at radius 3 is 2.61 bits per heavy atom. The molecule has 102 valence electrons. The van der Waals surface area contributed by atoms with Crippen molar-refractivity contribution in [1.82, 2.24) is 0 Å². The summed E-state index contributed by atoms with van der Waals surface area (Å²) in [6.07, 6.45) is 14.1. The zero-order valence-corrected chi connectivity index (χ0v) is 12.3. The topological polar surface area (TPSA) is 0 Å². The zero-order valence-electron chi connectivity index (χ0n) is 12.3. The molecule has 0 spiro atoms. The molecule has 0 nitrogen and oxygen atoms in total. The molecule has 0 aromatic heterocycles. The van der Waals surface area contributed by atoms with Crippen LogP contribution in [-0.2, 0) is 0 Å².